The summed E-state index contributed by atoms with van der Waals surface area (Å²) in [5.74, 6) is 0.494. The van der Waals surface area contributed by atoms with Gasteiger partial charge in [0.2, 0.25) is 11.8 Å². The minimum Gasteiger partial charge on any atom is -0.355 e. The molecule has 1 fully saturated rings. The molecule has 8 heteroatoms. The van der Waals surface area contributed by atoms with Crippen LogP contribution in [0.15, 0.2) is 35.7 Å². The van der Waals surface area contributed by atoms with E-state index in [4.69, 9.17) is 0 Å². The van der Waals surface area contributed by atoms with Gasteiger partial charge in [0.25, 0.3) is 0 Å². The van der Waals surface area contributed by atoms with Crippen LogP contribution in [-0.2, 0) is 9.59 Å². The summed E-state index contributed by atoms with van der Waals surface area (Å²) in [5, 5.41) is 11.7. The number of amides is 2. The standard InChI is InChI=1S/C20H27N5O2S/c1-16-7-9-17(10-8-16)25-15-22-23-20(25)28-14-18(26)21-11-5-13-24-12-4-2-3-6-19(24)27/h7-10,15H,2-6,11-14H2,1H3,(H,21,26). The van der Waals surface area contributed by atoms with E-state index in [2.05, 4.69) is 15.5 Å². The van der Waals surface area contributed by atoms with Crippen LogP contribution in [0.2, 0.25) is 0 Å². The maximum Gasteiger partial charge on any atom is 0.230 e. The second-order valence-corrected chi connectivity index (χ2v) is 7.95. The molecule has 1 aliphatic rings. The van der Waals surface area contributed by atoms with Crippen molar-refractivity contribution in [1.29, 1.82) is 0 Å². The number of nitrogens with zero attached hydrogens (tertiary/aromatic N) is 4. The summed E-state index contributed by atoms with van der Waals surface area (Å²) in [4.78, 5) is 26.0. The summed E-state index contributed by atoms with van der Waals surface area (Å²) >= 11 is 1.36. The lowest BCUT2D eigenvalue weighted by molar-refractivity contribution is -0.130. The van der Waals surface area contributed by atoms with Gasteiger partial charge in [-0.2, -0.15) is 0 Å². The maximum absolute atomic E-state index is 12.1. The average Bonchev–Trinajstić information content (AvgIpc) is 3.07. The Morgan fingerprint density at radius 3 is 2.86 bits per heavy atom. The van der Waals surface area contributed by atoms with E-state index < -0.39 is 0 Å². The number of likely N-dealkylation sites (tertiary alicyclic amines) is 1. The van der Waals surface area contributed by atoms with Crippen molar-refractivity contribution in [2.75, 3.05) is 25.4 Å². The van der Waals surface area contributed by atoms with Crippen LogP contribution in [0, 0.1) is 6.92 Å². The molecule has 150 valence electrons. The zero-order chi connectivity index (χ0) is 19.8. The molecule has 0 unspecified atom stereocenters. The van der Waals surface area contributed by atoms with Gasteiger partial charge in [-0.3, -0.25) is 14.2 Å². The van der Waals surface area contributed by atoms with Gasteiger partial charge in [-0.25, -0.2) is 0 Å². The molecule has 1 saturated heterocycles. The molecule has 0 spiro atoms. The minimum absolute atomic E-state index is 0.0364. The predicted octanol–water partition coefficient (Wildman–Crippen LogP) is 2.58. The normalized spacial score (nSPS) is 14.8. The van der Waals surface area contributed by atoms with Crippen LogP contribution in [0.5, 0.6) is 0 Å². The lowest BCUT2D eigenvalue weighted by Gasteiger charge is -2.20. The summed E-state index contributed by atoms with van der Waals surface area (Å²) in [7, 11) is 0. The number of carbonyl (C=O) groups is 2. The third-order valence-corrected chi connectivity index (χ3v) is 5.70. The first-order valence-electron chi connectivity index (χ1n) is 9.78. The zero-order valence-corrected chi connectivity index (χ0v) is 17.1. The first-order chi connectivity index (χ1) is 13.6. The lowest BCUT2D eigenvalue weighted by Crippen LogP contribution is -2.34. The van der Waals surface area contributed by atoms with Gasteiger partial charge < -0.3 is 10.2 Å². The third-order valence-electron chi connectivity index (χ3n) is 4.76. The summed E-state index contributed by atoms with van der Waals surface area (Å²) in [6.45, 7) is 4.18. The van der Waals surface area contributed by atoms with E-state index in [0.717, 1.165) is 37.9 Å². The zero-order valence-electron chi connectivity index (χ0n) is 16.3. The van der Waals surface area contributed by atoms with Gasteiger partial charge in [-0.05, 0) is 38.3 Å². The summed E-state index contributed by atoms with van der Waals surface area (Å²) in [5.41, 5.74) is 2.16. The Balaban J connectivity index is 1.40. The monoisotopic (exact) mass is 401 g/mol. The van der Waals surface area contributed by atoms with Crippen LogP contribution < -0.4 is 5.32 Å². The molecule has 0 radical (unpaired) electrons. The van der Waals surface area contributed by atoms with Crippen LogP contribution in [0.3, 0.4) is 0 Å². The van der Waals surface area contributed by atoms with Gasteiger partial charge >= 0.3 is 0 Å². The summed E-state index contributed by atoms with van der Waals surface area (Å²) < 4.78 is 1.88. The molecule has 2 amide bonds. The van der Waals surface area contributed by atoms with Crippen molar-refractivity contribution in [3.63, 3.8) is 0 Å². The quantitative estimate of drug-likeness (QED) is 0.543. The molecule has 2 aromatic rings. The maximum atomic E-state index is 12.1. The molecule has 2 heterocycles. The predicted molar refractivity (Wildman–Crippen MR) is 109 cm³/mol. The molecular weight excluding hydrogens is 374 g/mol. The molecular formula is C20H27N5O2S. The molecule has 1 aromatic carbocycles. The SMILES string of the molecule is Cc1ccc(-n2cnnc2SCC(=O)NCCCN2CCCCCC2=O)cc1. The molecule has 0 saturated carbocycles. The second-order valence-electron chi connectivity index (χ2n) is 7.00. The number of carbonyl (C=O) groups excluding carboxylic acids is 2. The summed E-state index contributed by atoms with van der Waals surface area (Å²) in [6, 6.07) is 8.08. The number of thioether (sulfide) groups is 1. The highest BCUT2D eigenvalue weighted by molar-refractivity contribution is 7.99. The van der Waals surface area contributed by atoms with Crippen LogP contribution in [0.25, 0.3) is 5.69 Å². The highest BCUT2D eigenvalue weighted by Crippen LogP contribution is 2.19. The first-order valence-corrected chi connectivity index (χ1v) is 10.8. The molecule has 28 heavy (non-hydrogen) atoms. The Morgan fingerprint density at radius 2 is 2.04 bits per heavy atom. The number of aryl methyl sites for hydroxylation is 1. The average molecular weight is 402 g/mol. The molecule has 7 nitrogen and oxygen atoms in total. The number of hydrogen-bond donors (Lipinski definition) is 1. The van der Waals surface area contributed by atoms with Crippen molar-refractivity contribution < 1.29 is 9.59 Å². The Labute approximate surface area is 169 Å². The van der Waals surface area contributed by atoms with Gasteiger partial charge in [0, 0.05) is 31.7 Å². The Kier molecular flexibility index (Phi) is 7.47. The molecule has 1 aromatic heterocycles. The molecule has 0 atom stereocenters. The fourth-order valence-electron chi connectivity index (χ4n) is 3.16. The van der Waals surface area contributed by atoms with Crippen LogP contribution >= 0.6 is 11.8 Å². The van der Waals surface area contributed by atoms with Crippen molar-refractivity contribution >= 4 is 23.6 Å². The number of nitrogens with one attached hydrogen (secondary N) is 1. The fraction of sp³-hybridized carbons (Fsp3) is 0.500. The number of benzene rings is 1. The topological polar surface area (TPSA) is 80.1 Å². The molecule has 1 aliphatic heterocycles. The number of hydrogen-bond acceptors (Lipinski definition) is 5. The van der Waals surface area contributed by atoms with Gasteiger partial charge in [0.1, 0.15) is 6.33 Å². The fourth-order valence-corrected chi connectivity index (χ4v) is 3.92. The van der Waals surface area contributed by atoms with E-state index in [1.54, 1.807) is 6.33 Å². The van der Waals surface area contributed by atoms with E-state index in [9.17, 15) is 9.59 Å². The Morgan fingerprint density at radius 1 is 1.21 bits per heavy atom. The van der Waals surface area contributed by atoms with Crippen LogP contribution in [0.1, 0.15) is 37.7 Å². The lowest BCUT2D eigenvalue weighted by atomic mass is 10.2. The Bertz CT molecular complexity index is 790. The third kappa shape index (κ3) is 5.82. The molecule has 0 aliphatic carbocycles. The smallest absolute Gasteiger partial charge is 0.230 e. The van der Waals surface area contributed by atoms with Crippen LogP contribution in [0.4, 0.5) is 0 Å². The van der Waals surface area contributed by atoms with Gasteiger partial charge in [0.15, 0.2) is 5.16 Å². The van der Waals surface area contributed by atoms with E-state index in [1.807, 2.05) is 40.7 Å². The highest BCUT2D eigenvalue weighted by Gasteiger charge is 2.16. The Hall–Kier alpha value is -2.35. The molecule has 3 rings (SSSR count). The largest absolute Gasteiger partial charge is 0.355 e. The summed E-state index contributed by atoms with van der Waals surface area (Å²) in [6.07, 6.45) is 6.30. The second kappa shape index (κ2) is 10.3. The van der Waals surface area contributed by atoms with E-state index in [1.165, 1.54) is 17.3 Å². The van der Waals surface area contributed by atoms with Crippen molar-refractivity contribution in [2.45, 2.75) is 44.2 Å². The van der Waals surface area contributed by atoms with Gasteiger partial charge in [-0.15, -0.1) is 10.2 Å². The highest BCUT2D eigenvalue weighted by atomic mass is 32.2. The van der Waals surface area contributed by atoms with E-state index in [0.29, 0.717) is 24.7 Å². The van der Waals surface area contributed by atoms with E-state index in [-0.39, 0.29) is 17.6 Å². The van der Waals surface area contributed by atoms with Gasteiger partial charge in [0.05, 0.1) is 5.75 Å². The van der Waals surface area contributed by atoms with Crippen molar-refractivity contribution in [3.8, 4) is 5.69 Å². The van der Waals surface area contributed by atoms with Gasteiger partial charge in [-0.1, -0.05) is 35.9 Å². The van der Waals surface area contributed by atoms with Crippen molar-refractivity contribution in [1.82, 2.24) is 25.0 Å². The minimum atomic E-state index is -0.0364. The number of aromatic nitrogens is 3. The van der Waals surface area contributed by atoms with E-state index >= 15 is 0 Å². The first kappa shape index (κ1) is 20.4. The number of rotatable bonds is 8. The van der Waals surface area contributed by atoms with Crippen LogP contribution in [-0.4, -0.2) is 56.9 Å². The molecule has 0 bridgehead atoms. The van der Waals surface area contributed by atoms with Crippen molar-refractivity contribution in [3.05, 3.63) is 36.2 Å². The van der Waals surface area contributed by atoms with Crippen molar-refractivity contribution in [2.24, 2.45) is 0 Å². The molecule has 1 N–H and O–H groups in total.